The van der Waals surface area contributed by atoms with E-state index in [-0.39, 0.29) is 5.56 Å². The van der Waals surface area contributed by atoms with Crippen LogP contribution in [0.25, 0.3) is 11.0 Å². The highest BCUT2D eigenvalue weighted by molar-refractivity contribution is 7.07. The Hall–Kier alpha value is -1.23. The minimum atomic E-state index is -0.0651. The van der Waals surface area contributed by atoms with Gasteiger partial charge in [0.2, 0.25) is 0 Å². The first-order chi connectivity index (χ1) is 6.72. The summed E-state index contributed by atoms with van der Waals surface area (Å²) < 4.78 is 4.17. The van der Waals surface area contributed by atoms with Gasteiger partial charge in [-0.25, -0.2) is 4.98 Å². The highest BCUT2D eigenvalue weighted by Crippen LogP contribution is 2.18. The molecule has 2 aromatic rings. The molecule has 0 amide bonds. The zero-order valence-electron chi connectivity index (χ0n) is 8.13. The number of nitrogens with zero attached hydrogens (tertiary/aromatic N) is 2. The van der Waals surface area contributed by atoms with Gasteiger partial charge in [-0.15, -0.1) is 0 Å². The number of hydrogen-bond acceptors (Lipinski definition) is 4. The first kappa shape index (κ1) is 9.33. The maximum Gasteiger partial charge on any atom is 0.261 e. The molecule has 0 fully saturated rings. The molecule has 0 unspecified atom stereocenters. The van der Waals surface area contributed by atoms with Crippen LogP contribution in [0.3, 0.4) is 0 Å². The second kappa shape index (κ2) is 3.49. The maximum absolute atomic E-state index is 11.6. The standard InChI is InChI=1S/C9H11N3OS/c1-3-4-6-7-8(12-14-6)10-5(2)11-9(7)13/h3-4H2,1-2H3,(H,10,11,12,13). The highest BCUT2D eigenvalue weighted by Gasteiger charge is 2.10. The third kappa shape index (κ3) is 1.43. The van der Waals surface area contributed by atoms with E-state index >= 15 is 0 Å². The van der Waals surface area contributed by atoms with Gasteiger partial charge in [-0.05, 0) is 24.9 Å². The van der Waals surface area contributed by atoms with Gasteiger partial charge in [-0.1, -0.05) is 13.3 Å². The fourth-order valence-electron chi connectivity index (χ4n) is 1.43. The largest absolute Gasteiger partial charge is 0.310 e. The van der Waals surface area contributed by atoms with E-state index in [0.717, 1.165) is 17.7 Å². The Morgan fingerprint density at radius 2 is 2.29 bits per heavy atom. The zero-order valence-corrected chi connectivity index (χ0v) is 8.94. The molecule has 2 aromatic heterocycles. The van der Waals surface area contributed by atoms with Gasteiger partial charge in [0.05, 0.1) is 0 Å². The van der Waals surface area contributed by atoms with E-state index in [4.69, 9.17) is 0 Å². The molecule has 2 heterocycles. The van der Waals surface area contributed by atoms with Crippen molar-refractivity contribution in [1.82, 2.24) is 14.3 Å². The van der Waals surface area contributed by atoms with Gasteiger partial charge in [0.15, 0.2) is 5.65 Å². The smallest absolute Gasteiger partial charge is 0.261 e. The van der Waals surface area contributed by atoms with Gasteiger partial charge in [-0.2, -0.15) is 4.37 Å². The predicted molar refractivity (Wildman–Crippen MR) is 56.8 cm³/mol. The van der Waals surface area contributed by atoms with E-state index in [0.29, 0.717) is 16.9 Å². The fraction of sp³-hybridized carbons (Fsp3) is 0.444. The molecule has 4 nitrogen and oxygen atoms in total. The summed E-state index contributed by atoms with van der Waals surface area (Å²) in [4.78, 5) is 19.5. The van der Waals surface area contributed by atoms with Gasteiger partial charge in [-0.3, -0.25) is 4.79 Å². The topological polar surface area (TPSA) is 58.6 Å². The van der Waals surface area contributed by atoms with Crippen molar-refractivity contribution in [3.63, 3.8) is 0 Å². The molecule has 0 radical (unpaired) electrons. The molecule has 0 aliphatic carbocycles. The molecule has 0 saturated carbocycles. The van der Waals surface area contributed by atoms with Crippen LogP contribution >= 0.6 is 11.5 Å². The molecule has 0 aromatic carbocycles. The van der Waals surface area contributed by atoms with Crippen molar-refractivity contribution < 1.29 is 0 Å². The van der Waals surface area contributed by atoms with Crippen LogP contribution in [0.4, 0.5) is 0 Å². The first-order valence-corrected chi connectivity index (χ1v) is 5.35. The molecule has 5 heteroatoms. The lowest BCUT2D eigenvalue weighted by Gasteiger charge is -1.93. The molecule has 0 aliphatic rings. The number of fused-ring (bicyclic) bond motifs is 1. The van der Waals surface area contributed by atoms with Crippen LogP contribution in [0.1, 0.15) is 24.0 Å². The number of aryl methyl sites for hydroxylation is 2. The summed E-state index contributed by atoms with van der Waals surface area (Å²) in [5.41, 5.74) is 0.518. The average Bonchev–Trinajstić information content (AvgIpc) is 2.49. The Kier molecular flexibility index (Phi) is 2.33. The first-order valence-electron chi connectivity index (χ1n) is 4.57. The molecule has 0 spiro atoms. The summed E-state index contributed by atoms with van der Waals surface area (Å²) in [5.74, 6) is 0.621. The van der Waals surface area contributed by atoms with Crippen LogP contribution in [-0.4, -0.2) is 14.3 Å². The van der Waals surface area contributed by atoms with Gasteiger partial charge in [0.1, 0.15) is 11.2 Å². The second-order valence-corrected chi connectivity index (χ2v) is 4.06. The maximum atomic E-state index is 11.6. The van der Waals surface area contributed by atoms with Crippen molar-refractivity contribution in [3.05, 3.63) is 21.1 Å². The molecule has 0 saturated heterocycles. The summed E-state index contributed by atoms with van der Waals surface area (Å²) in [6, 6.07) is 0. The zero-order chi connectivity index (χ0) is 10.1. The van der Waals surface area contributed by atoms with E-state index in [1.54, 1.807) is 6.92 Å². The number of hydrogen-bond donors (Lipinski definition) is 1. The highest BCUT2D eigenvalue weighted by atomic mass is 32.1. The van der Waals surface area contributed by atoms with E-state index < -0.39 is 0 Å². The van der Waals surface area contributed by atoms with Crippen molar-refractivity contribution in [2.24, 2.45) is 0 Å². The summed E-state index contributed by atoms with van der Waals surface area (Å²) in [7, 11) is 0. The Bertz CT molecular complexity index is 514. The minimum Gasteiger partial charge on any atom is -0.310 e. The minimum absolute atomic E-state index is 0.0651. The van der Waals surface area contributed by atoms with E-state index in [1.165, 1.54) is 11.5 Å². The fourth-order valence-corrected chi connectivity index (χ4v) is 2.33. The molecule has 0 bridgehead atoms. The van der Waals surface area contributed by atoms with Gasteiger partial charge in [0, 0.05) is 4.88 Å². The van der Waals surface area contributed by atoms with Crippen molar-refractivity contribution in [2.75, 3.05) is 0 Å². The molecule has 14 heavy (non-hydrogen) atoms. The van der Waals surface area contributed by atoms with Crippen molar-refractivity contribution >= 4 is 22.6 Å². The molecular weight excluding hydrogens is 198 g/mol. The van der Waals surface area contributed by atoms with Crippen LogP contribution in [0.5, 0.6) is 0 Å². The molecule has 74 valence electrons. The number of aromatic amines is 1. The van der Waals surface area contributed by atoms with E-state index in [2.05, 4.69) is 21.3 Å². The summed E-state index contributed by atoms with van der Waals surface area (Å²) >= 11 is 1.38. The molecule has 0 aliphatic heterocycles. The van der Waals surface area contributed by atoms with Gasteiger partial charge in [0.25, 0.3) is 5.56 Å². The number of aromatic nitrogens is 3. The van der Waals surface area contributed by atoms with E-state index in [9.17, 15) is 4.79 Å². The Morgan fingerprint density at radius 3 is 3.00 bits per heavy atom. The third-order valence-electron chi connectivity index (χ3n) is 2.02. The Morgan fingerprint density at radius 1 is 1.50 bits per heavy atom. The Balaban J connectivity index is 2.73. The van der Waals surface area contributed by atoms with Crippen molar-refractivity contribution in [1.29, 1.82) is 0 Å². The average molecular weight is 209 g/mol. The SMILES string of the molecule is CCCc1snc2nc(C)[nH]c(=O)c12. The van der Waals surface area contributed by atoms with Crippen LogP contribution in [-0.2, 0) is 6.42 Å². The normalized spacial score (nSPS) is 11.0. The monoisotopic (exact) mass is 209 g/mol. The predicted octanol–water partition coefficient (Wildman–Crippen LogP) is 1.64. The van der Waals surface area contributed by atoms with Crippen molar-refractivity contribution in [2.45, 2.75) is 26.7 Å². The van der Waals surface area contributed by atoms with Crippen LogP contribution in [0.2, 0.25) is 0 Å². The molecular formula is C9H11N3OS. The van der Waals surface area contributed by atoms with Crippen molar-refractivity contribution in [3.8, 4) is 0 Å². The van der Waals surface area contributed by atoms with E-state index in [1.807, 2.05) is 0 Å². The van der Waals surface area contributed by atoms with Crippen LogP contribution in [0, 0.1) is 6.92 Å². The summed E-state index contributed by atoms with van der Waals surface area (Å²) in [6.07, 6.45) is 1.92. The van der Waals surface area contributed by atoms with Crippen LogP contribution < -0.4 is 5.56 Å². The lowest BCUT2D eigenvalue weighted by atomic mass is 10.2. The summed E-state index contributed by atoms with van der Waals surface area (Å²) in [6.45, 7) is 3.85. The third-order valence-corrected chi connectivity index (χ3v) is 2.91. The quantitative estimate of drug-likeness (QED) is 0.818. The number of H-pyrrole nitrogens is 1. The van der Waals surface area contributed by atoms with Gasteiger partial charge < -0.3 is 4.98 Å². The summed E-state index contributed by atoms with van der Waals surface area (Å²) in [5, 5.41) is 0.669. The Labute approximate surface area is 85.2 Å². The number of rotatable bonds is 2. The van der Waals surface area contributed by atoms with Crippen LogP contribution in [0.15, 0.2) is 4.79 Å². The molecule has 0 atom stereocenters. The lowest BCUT2D eigenvalue weighted by molar-refractivity contribution is 0.942. The second-order valence-electron chi connectivity index (χ2n) is 3.21. The van der Waals surface area contributed by atoms with Gasteiger partial charge >= 0.3 is 0 Å². The lowest BCUT2D eigenvalue weighted by Crippen LogP contribution is -2.09. The molecule has 2 rings (SSSR count). The number of nitrogens with one attached hydrogen (secondary N) is 1. The molecule has 1 N–H and O–H groups in total.